The van der Waals surface area contributed by atoms with E-state index in [0.717, 1.165) is 45.5 Å². The number of amides is 2. The molecule has 2 aliphatic rings. The van der Waals surface area contributed by atoms with Crippen LogP contribution in [0.2, 0.25) is 0 Å². The molecule has 0 N–H and O–H groups in total. The topological polar surface area (TPSA) is 59.1 Å². The number of carbonyl (C=O) groups is 2. The van der Waals surface area contributed by atoms with E-state index in [1.807, 2.05) is 49.3 Å². The van der Waals surface area contributed by atoms with Crippen molar-refractivity contribution in [3.05, 3.63) is 123 Å². The average molecular weight is 919 g/mol. The Hall–Kier alpha value is -5.10. The molecule has 364 valence electrons. The van der Waals surface area contributed by atoms with Crippen LogP contribution in [0.5, 0.6) is 11.5 Å². The summed E-state index contributed by atoms with van der Waals surface area (Å²) in [6.07, 6.45) is 25.9. The van der Waals surface area contributed by atoms with Gasteiger partial charge < -0.3 is 14.4 Å². The Morgan fingerprint density at radius 3 is 1.75 bits per heavy atom. The molecule has 0 fully saturated rings. The van der Waals surface area contributed by atoms with E-state index in [2.05, 4.69) is 83.1 Å². The summed E-state index contributed by atoms with van der Waals surface area (Å²) < 4.78 is 13.3. The van der Waals surface area contributed by atoms with Crippen molar-refractivity contribution in [2.45, 2.75) is 175 Å². The molecule has 1 heterocycles. The van der Waals surface area contributed by atoms with Crippen molar-refractivity contribution >= 4 is 28.3 Å². The van der Waals surface area contributed by atoms with Crippen LogP contribution in [0.1, 0.15) is 203 Å². The van der Waals surface area contributed by atoms with Crippen molar-refractivity contribution in [1.82, 2.24) is 4.90 Å². The van der Waals surface area contributed by atoms with Crippen molar-refractivity contribution in [3.8, 4) is 22.6 Å². The monoisotopic (exact) mass is 919 g/mol. The zero-order valence-corrected chi connectivity index (χ0v) is 43.0. The molecule has 2 amide bonds. The number of carbonyl (C=O) groups excluding carboxylic acids is 2. The summed E-state index contributed by atoms with van der Waals surface area (Å²) in [7, 11) is 3.96. The normalized spacial score (nSPS) is 13.6. The summed E-state index contributed by atoms with van der Waals surface area (Å²) in [5, 5.41) is 1.64. The summed E-state index contributed by atoms with van der Waals surface area (Å²) >= 11 is 0. The van der Waals surface area contributed by atoms with Gasteiger partial charge in [0.25, 0.3) is 11.8 Å². The molecule has 0 saturated carbocycles. The number of rotatable bonds is 29. The van der Waals surface area contributed by atoms with Gasteiger partial charge in [-0.3, -0.25) is 14.5 Å². The van der Waals surface area contributed by atoms with E-state index < -0.39 is 0 Å². The van der Waals surface area contributed by atoms with Crippen LogP contribution < -0.4 is 14.4 Å². The Kier molecular flexibility index (Phi) is 18.3. The lowest BCUT2D eigenvalue weighted by molar-refractivity contribution is 0.0587. The van der Waals surface area contributed by atoms with E-state index in [1.54, 1.807) is 0 Å². The molecule has 6 nitrogen and oxygen atoms in total. The van der Waals surface area contributed by atoms with E-state index in [0.29, 0.717) is 24.2 Å². The Balaban J connectivity index is 1.17. The Morgan fingerprint density at radius 1 is 0.544 bits per heavy atom. The van der Waals surface area contributed by atoms with Crippen molar-refractivity contribution in [1.29, 1.82) is 0 Å². The molecule has 7 rings (SSSR count). The number of imide groups is 1. The summed E-state index contributed by atoms with van der Waals surface area (Å²) in [5.41, 5.74) is 12.6. The van der Waals surface area contributed by atoms with Gasteiger partial charge in [0.15, 0.2) is 0 Å². The Morgan fingerprint density at radius 2 is 1.10 bits per heavy atom. The highest BCUT2D eigenvalue weighted by Gasteiger charge is 2.42. The van der Waals surface area contributed by atoms with E-state index in [4.69, 9.17) is 9.47 Å². The average Bonchev–Trinajstić information content (AvgIpc) is 3.59. The van der Waals surface area contributed by atoms with Crippen LogP contribution in [0, 0.1) is 13.8 Å². The highest BCUT2D eigenvalue weighted by Crippen LogP contribution is 2.55. The first kappa shape index (κ1) is 50.8. The van der Waals surface area contributed by atoms with E-state index in [-0.39, 0.29) is 30.4 Å². The maximum Gasteiger partial charge on any atom is 0.261 e. The molecule has 0 bridgehead atoms. The molecule has 6 heteroatoms. The first-order valence-electron chi connectivity index (χ1n) is 26.8. The SMILES string of the molecule is CCCCCCCCOc1cc(Cc2ccc3c(c2)C(CCCCCCCC)(CCCCCCCC)c2cc(C)ccc2-3)c(OCCN2C(=O)c3cccc4c(N(C)C)ccc(c34)C2=O)cc1C. The number of anilines is 1. The fourth-order valence-electron chi connectivity index (χ4n) is 11.2. The van der Waals surface area contributed by atoms with Gasteiger partial charge in [-0.2, -0.15) is 0 Å². The predicted molar refractivity (Wildman–Crippen MR) is 285 cm³/mol. The number of hydrogen-bond donors (Lipinski definition) is 0. The van der Waals surface area contributed by atoms with E-state index in [9.17, 15) is 9.59 Å². The van der Waals surface area contributed by atoms with E-state index in [1.165, 1.54) is 160 Å². The lowest BCUT2D eigenvalue weighted by Gasteiger charge is -2.33. The van der Waals surface area contributed by atoms with Crippen molar-refractivity contribution in [2.75, 3.05) is 38.8 Å². The standard InChI is InChI=1S/C62H82N2O4/c1-8-11-14-17-20-23-35-62(36-24-21-18-15-12-9-2)54-40-45(4)29-31-49(54)50-32-30-47(43-55(50)62)42-48-44-57(67-38-25-22-19-16-13-10-3)46(5)41-58(48)68-39-37-64-60(65)52-28-26-27-51-56(63(6)7)34-33-53(59(51)52)61(64)66/h26-34,40-41,43-44H,8-25,35-39,42H2,1-7H3. The molecule has 0 spiro atoms. The Bertz CT molecular complexity index is 2450. The van der Waals surface area contributed by atoms with Gasteiger partial charge in [0.1, 0.15) is 18.1 Å². The minimum atomic E-state index is -0.276. The van der Waals surface area contributed by atoms with Crippen LogP contribution in [0.15, 0.2) is 78.9 Å². The molecule has 1 aliphatic heterocycles. The van der Waals surface area contributed by atoms with Gasteiger partial charge >= 0.3 is 0 Å². The summed E-state index contributed by atoms with van der Waals surface area (Å²) in [4.78, 5) is 31.5. The lowest BCUT2D eigenvalue weighted by Crippen LogP contribution is -2.42. The first-order valence-corrected chi connectivity index (χ1v) is 26.8. The number of benzene rings is 5. The molecular weight excluding hydrogens is 837 g/mol. The van der Waals surface area contributed by atoms with Crippen LogP contribution in [-0.2, 0) is 11.8 Å². The third-order valence-electron chi connectivity index (χ3n) is 15.0. The molecular formula is C62H82N2O4. The maximum atomic E-state index is 14.1. The molecule has 1 aliphatic carbocycles. The highest BCUT2D eigenvalue weighted by molar-refractivity contribution is 6.26. The first-order chi connectivity index (χ1) is 33.1. The highest BCUT2D eigenvalue weighted by atomic mass is 16.5. The molecule has 0 saturated heterocycles. The van der Waals surface area contributed by atoms with Crippen molar-refractivity contribution in [2.24, 2.45) is 0 Å². The van der Waals surface area contributed by atoms with Gasteiger partial charge in [-0.25, -0.2) is 0 Å². The smallest absolute Gasteiger partial charge is 0.261 e. The third-order valence-corrected chi connectivity index (χ3v) is 15.0. The molecule has 68 heavy (non-hydrogen) atoms. The molecule has 0 unspecified atom stereocenters. The summed E-state index contributed by atoms with van der Waals surface area (Å²) in [6, 6.07) is 28.4. The zero-order valence-electron chi connectivity index (χ0n) is 43.0. The number of aryl methyl sites for hydroxylation is 2. The molecule has 5 aromatic carbocycles. The number of unbranched alkanes of at least 4 members (excludes halogenated alkanes) is 15. The fraction of sp³-hybridized carbons (Fsp3) is 0.516. The van der Waals surface area contributed by atoms with Gasteiger partial charge in [-0.15, -0.1) is 0 Å². The van der Waals surface area contributed by atoms with Crippen molar-refractivity contribution < 1.29 is 19.1 Å². The summed E-state index contributed by atoms with van der Waals surface area (Å²) in [6.45, 7) is 12.2. The van der Waals surface area contributed by atoms with Crippen LogP contribution >= 0.6 is 0 Å². The maximum absolute atomic E-state index is 14.1. The molecule has 0 aromatic heterocycles. The molecule has 0 radical (unpaired) electrons. The predicted octanol–water partition coefficient (Wildman–Crippen LogP) is 16.3. The zero-order chi connectivity index (χ0) is 48.0. The van der Waals surface area contributed by atoms with Gasteiger partial charge in [-0.1, -0.05) is 184 Å². The van der Waals surface area contributed by atoms with Crippen LogP contribution in [0.25, 0.3) is 21.9 Å². The van der Waals surface area contributed by atoms with Gasteiger partial charge in [0.2, 0.25) is 0 Å². The lowest BCUT2D eigenvalue weighted by atomic mass is 9.70. The molecule has 5 aromatic rings. The molecule has 0 atom stereocenters. The van der Waals surface area contributed by atoms with Crippen LogP contribution in [-0.4, -0.2) is 50.6 Å². The fourth-order valence-corrected chi connectivity index (χ4v) is 11.2. The van der Waals surface area contributed by atoms with Gasteiger partial charge in [-0.05, 0) is 96.8 Å². The van der Waals surface area contributed by atoms with Crippen LogP contribution in [0.4, 0.5) is 5.69 Å². The number of hydrogen-bond acceptors (Lipinski definition) is 5. The largest absolute Gasteiger partial charge is 0.493 e. The second kappa shape index (κ2) is 24.4. The summed E-state index contributed by atoms with van der Waals surface area (Å²) in [5.74, 6) is 1.12. The minimum Gasteiger partial charge on any atom is -0.493 e. The second-order valence-corrected chi connectivity index (χ2v) is 20.4. The third kappa shape index (κ3) is 11.7. The second-order valence-electron chi connectivity index (χ2n) is 20.4. The number of nitrogens with zero attached hydrogens (tertiary/aromatic N) is 2. The quantitative estimate of drug-likeness (QED) is 0.0353. The van der Waals surface area contributed by atoms with Gasteiger partial charge in [0, 0.05) is 59.1 Å². The van der Waals surface area contributed by atoms with E-state index >= 15 is 0 Å². The Labute approximate surface area is 410 Å². The minimum absolute atomic E-state index is 0.00922. The van der Waals surface area contributed by atoms with Crippen LogP contribution in [0.3, 0.4) is 0 Å². The van der Waals surface area contributed by atoms with Crippen molar-refractivity contribution in [3.63, 3.8) is 0 Å². The number of ether oxygens (including phenoxy) is 2. The van der Waals surface area contributed by atoms with Gasteiger partial charge in [0.05, 0.1) is 13.2 Å². The number of fused-ring (bicyclic) bond motifs is 3.